The smallest absolute Gasteiger partial charge is 0.262 e. The van der Waals surface area contributed by atoms with E-state index in [1.54, 1.807) is 28.0 Å². The summed E-state index contributed by atoms with van der Waals surface area (Å²) in [5.41, 5.74) is 2.69. The van der Waals surface area contributed by atoms with Crippen LogP contribution in [0.3, 0.4) is 0 Å². The molecular weight excluding hydrogens is 438 g/mol. The van der Waals surface area contributed by atoms with Crippen LogP contribution in [0.4, 0.5) is 0 Å². The summed E-state index contributed by atoms with van der Waals surface area (Å²) in [6.07, 6.45) is 1.66. The van der Waals surface area contributed by atoms with Gasteiger partial charge in [-0.3, -0.25) is 14.2 Å². The van der Waals surface area contributed by atoms with Gasteiger partial charge in [-0.05, 0) is 36.1 Å². The Balaban J connectivity index is 1.55. The number of aromatic nitrogens is 2. The molecule has 0 bridgehead atoms. The number of carbonyl (C=O) groups is 1. The molecule has 4 aromatic rings. The van der Waals surface area contributed by atoms with Gasteiger partial charge in [-0.15, -0.1) is 17.9 Å². The van der Waals surface area contributed by atoms with Gasteiger partial charge >= 0.3 is 0 Å². The zero-order valence-electron chi connectivity index (χ0n) is 17.7. The molecule has 2 aromatic heterocycles. The van der Waals surface area contributed by atoms with Crippen molar-refractivity contribution in [2.75, 3.05) is 5.75 Å². The van der Waals surface area contributed by atoms with Crippen LogP contribution in [0.2, 0.25) is 0 Å². The van der Waals surface area contributed by atoms with Gasteiger partial charge in [0.25, 0.3) is 5.56 Å². The van der Waals surface area contributed by atoms with Gasteiger partial charge in [-0.25, -0.2) is 4.98 Å². The molecule has 4 rings (SSSR count). The molecule has 1 amide bonds. The molecule has 162 valence electrons. The van der Waals surface area contributed by atoms with Crippen molar-refractivity contribution >= 4 is 39.9 Å². The van der Waals surface area contributed by atoms with E-state index in [0.717, 1.165) is 10.4 Å². The summed E-state index contributed by atoms with van der Waals surface area (Å²) in [6, 6.07) is 19.2. The zero-order valence-corrected chi connectivity index (χ0v) is 19.3. The van der Waals surface area contributed by atoms with Crippen LogP contribution >= 0.6 is 23.1 Å². The van der Waals surface area contributed by atoms with E-state index in [1.807, 2.05) is 66.9 Å². The van der Waals surface area contributed by atoms with E-state index in [2.05, 4.69) is 16.9 Å². The number of thiophene rings is 1. The number of thioether (sulfide) groups is 1. The summed E-state index contributed by atoms with van der Waals surface area (Å²) in [4.78, 5) is 31.5. The second-order valence-electron chi connectivity index (χ2n) is 7.33. The number of nitrogens with one attached hydrogen (secondary N) is 1. The van der Waals surface area contributed by atoms with Crippen molar-refractivity contribution < 1.29 is 4.79 Å². The van der Waals surface area contributed by atoms with Crippen LogP contribution in [0.15, 0.2) is 88.6 Å². The van der Waals surface area contributed by atoms with Crippen molar-refractivity contribution in [2.45, 2.75) is 24.7 Å². The maximum Gasteiger partial charge on any atom is 0.262 e. The zero-order chi connectivity index (χ0) is 22.5. The second-order valence-corrected chi connectivity index (χ2v) is 9.25. The van der Waals surface area contributed by atoms with Gasteiger partial charge in [0.2, 0.25) is 5.91 Å². The fourth-order valence-corrected chi connectivity index (χ4v) is 5.04. The largest absolute Gasteiger partial charge is 0.344 e. The highest BCUT2D eigenvalue weighted by molar-refractivity contribution is 7.99. The number of hydrogen-bond donors (Lipinski definition) is 1. The van der Waals surface area contributed by atoms with Crippen molar-refractivity contribution in [1.29, 1.82) is 0 Å². The highest BCUT2D eigenvalue weighted by atomic mass is 32.2. The molecule has 0 spiro atoms. The van der Waals surface area contributed by atoms with Crippen molar-refractivity contribution in [3.8, 4) is 0 Å². The van der Waals surface area contributed by atoms with Crippen molar-refractivity contribution in [3.63, 3.8) is 0 Å². The fourth-order valence-electron chi connectivity index (χ4n) is 3.41. The number of para-hydroxylation sites is 1. The van der Waals surface area contributed by atoms with E-state index in [9.17, 15) is 9.59 Å². The molecule has 0 saturated carbocycles. The van der Waals surface area contributed by atoms with Gasteiger partial charge in [-0.2, -0.15) is 0 Å². The molecule has 7 heteroatoms. The van der Waals surface area contributed by atoms with Crippen molar-refractivity contribution in [1.82, 2.24) is 14.9 Å². The monoisotopic (exact) mass is 461 g/mol. The summed E-state index contributed by atoms with van der Waals surface area (Å²) in [7, 11) is 0. The lowest BCUT2D eigenvalue weighted by Crippen LogP contribution is -2.30. The molecule has 1 atom stereocenters. The number of allylic oxidation sites excluding steroid dienone is 1. The molecule has 0 aliphatic rings. The molecule has 0 aliphatic carbocycles. The predicted molar refractivity (Wildman–Crippen MR) is 132 cm³/mol. The van der Waals surface area contributed by atoms with Crippen LogP contribution in [-0.4, -0.2) is 21.2 Å². The Hall–Kier alpha value is -3.16. The van der Waals surface area contributed by atoms with E-state index in [1.165, 1.54) is 17.3 Å². The quantitative estimate of drug-likeness (QED) is 0.229. The molecule has 0 fully saturated rings. The molecule has 0 radical (unpaired) electrons. The lowest BCUT2D eigenvalue weighted by atomic mass is 10.0. The van der Waals surface area contributed by atoms with Crippen LogP contribution in [0.25, 0.3) is 10.9 Å². The number of aryl methyl sites for hydroxylation is 1. The lowest BCUT2D eigenvalue weighted by Gasteiger charge is -2.18. The number of nitrogens with zero attached hydrogens (tertiary/aromatic N) is 2. The Labute approximate surface area is 194 Å². The van der Waals surface area contributed by atoms with Crippen molar-refractivity contribution in [2.24, 2.45) is 0 Å². The maximum atomic E-state index is 12.9. The minimum Gasteiger partial charge on any atom is -0.344 e. The predicted octanol–water partition coefficient (Wildman–Crippen LogP) is 4.95. The van der Waals surface area contributed by atoms with Gasteiger partial charge in [-0.1, -0.05) is 65.9 Å². The SMILES string of the molecule is C=CCn1c(SCC(=O)NC(c2ccc(C)cc2)c2cccs2)nc2ccccc2c1=O. The number of benzene rings is 2. The summed E-state index contributed by atoms with van der Waals surface area (Å²) in [5, 5.41) is 6.21. The van der Waals surface area contributed by atoms with Crippen LogP contribution in [0, 0.1) is 6.92 Å². The van der Waals surface area contributed by atoms with Crippen LogP contribution < -0.4 is 10.9 Å². The topological polar surface area (TPSA) is 64.0 Å². The Morgan fingerprint density at radius 2 is 1.97 bits per heavy atom. The first-order valence-electron chi connectivity index (χ1n) is 10.2. The molecule has 0 aliphatic heterocycles. The average molecular weight is 462 g/mol. The van der Waals surface area contributed by atoms with Crippen LogP contribution in [0.1, 0.15) is 22.0 Å². The number of rotatable bonds is 8. The second kappa shape index (κ2) is 9.97. The van der Waals surface area contributed by atoms with Crippen LogP contribution in [-0.2, 0) is 11.3 Å². The van der Waals surface area contributed by atoms with Gasteiger partial charge < -0.3 is 5.32 Å². The van der Waals surface area contributed by atoms with E-state index in [-0.39, 0.29) is 23.3 Å². The fraction of sp³-hybridized carbons (Fsp3) is 0.160. The number of hydrogen-bond acceptors (Lipinski definition) is 5. The normalized spacial score (nSPS) is 11.9. The molecule has 5 nitrogen and oxygen atoms in total. The van der Waals surface area contributed by atoms with E-state index in [4.69, 9.17) is 0 Å². The summed E-state index contributed by atoms with van der Waals surface area (Å²) in [6.45, 7) is 6.12. The molecule has 2 aromatic carbocycles. The van der Waals surface area contributed by atoms with Gasteiger partial charge in [0.15, 0.2) is 5.16 Å². The summed E-state index contributed by atoms with van der Waals surface area (Å²) < 4.78 is 1.56. The Morgan fingerprint density at radius 3 is 2.69 bits per heavy atom. The molecule has 1 unspecified atom stereocenters. The Bertz CT molecular complexity index is 1300. The molecular formula is C25H23N3O2S2. The number of carbonyl (C=O) groups excluding carboxylic acids is 1. The summed E-state index contributed by atoms with van der Waals surface area (Å²) >= 11 is 2.86. The highest BCUT2D eigenvalue weighted by Gasteiger charge is 2.19. The van der Waals surface area contributed by atoms with Crippen LogP contribution in [0.5, 0.6) is 0 Å². The Morgan fingerprint density at radius 1 is 1.19 bits per heavy atom. The minimum absolute atomic E-state index is 0.124. The van der Waals surface area contributed by atoms with E-state index < -0.39 is 0 Å². The third-order valence-electron chi connectivity index (χ3n) is 5.01. The van der Waals surface area contributed by atoms with Gasteiger partial charge in [0.1, 0.15) is 0 Å². The average Bonchev–Trinajstić information content (AvgIpc) is 3.34. The molecule has 2 heterocycles. The highest BCUT2D eigenvalue weighted by Crippen LogP contribution is 2.27. The third-order valence-corrected chi connectivity index (χ3v) is 6.93. The van der Waals surface area contributed by atoms with Crippen molar-refractivity contribution in [3.05, 3.63) is 105 Å². The minimum atomic E-state index is -0.219. The maximum absolute atomic E-state index is 12.9. The number of amides is 1. The Kier molecular flexibility index (Phi) is 6.87. The standard InChI is InChI=1S/C25H23N3O2S2/c1-3-14-28-24(30)19-7-4-5-8-20(19)26-25(28)32-16-22(29)27-23(21-9-6-15-31-21)18-12-10-17(2)11-13-18/h3-13,15,23H,1,14,16H2,2H3,(H,27,29). The summed E-state index contributed by atoms with van der Waals surface area (Å²) in [5.74, 6) is 0.0249. The van der Waals surface area contributed by atoms with Gasteiger partial charge in [0.05, 0.1) is 22.7 Å². The first-order chi connectivity index (χ1) is 15.6. The number of fused-ring (bicyclic) bond motifs is 1. The molecule has 32 heavy (non-hydrogen) atoms. The first-order valence-corrected chi connectivity index (χ1v) is 12.1. The molecule has 0 saturated heterocycles. The lowest BCUT2D eigenvalue weighted by molar-refractivity contribution is -0.119. The molecule has 1 N–H and O–H groups in total. The third kappa shape index (κ3) is 4.84. The first kappa shape index (κ1) is 22.0. The van der Waals surface area contributed by atoms with E-state index in [0.29, 0.717) is 22.6 Å². The van der Waals surface area contributed by atoms with Gasteiger partial charge in [0, 0.05) is 11.4 Å². The van der Waals surface area contributed by atoms with E-state index >= 15 is 0 Å².